The van der Waals surface area contributed by atoms with Crippen LogP contribution < -0.4 is 0 Å². The lowest BCUT2D eigenvalue weighted by Gasteiger charge is -2.49. The Kier molecular flexibility index (Phi) is 22.5. The van der Waals surface area contributed by atoms with Crippen molar-refractivity contribution >= 4 is 5.97 Å². The number of unbranched alkanes of at least 4 members (excludes halogenated alkanes) is 8. The van der Waals surface area contributed by atoms with Crippen LogP contribution in [0.2, 0.25) is 0 Å². The second-order valence-electron chi connectivity index (χ2n) is 16.8. The SMILES string of the molecule is CCCCCC(O)CCCCCCCCCC(=O)OC1OC(CO)C(O)C(OC2OC(CO)C(O)C(OC3OC(C)C(O)C(OC4OC(CO)C(O)C(O)C4O)C3O)C2O)C1O. The van der Waals surface area contributed by atoms with Crippen molar-refractivity contribution in [3.05, 3.63) is 0 Å². The van der Waals surface area contributed by atoms with Gasteiger partial charge < -0.3 is 104 Å². The zero-order chi connectivity index (χ0) is 45.7. The van der Waals surface area contributed by atoms with Crippen LogP contribution in [0, 0.1) is 0 Å². The van der Waals surface area contributed by atoms with Crippen LogP contribution in [0.4, 0.5) is 0 Å². The summed E-state index contributed by atoms with van der Waals surface area (Å²) in [6.07, 6.45) is -24.1. The average molecular weight is 905 g/mol. The predicted octanol–water partition coefficient (Wildman–Crippen LogP) is -3.72. The van der Waals surface area contributed by atoms with Crippen LogP contribution in [-0.2, 0) is 42.7 Å². The summed E-state index contributed by atoms with van der Waals surface area (Å²) in [5.41, 5.74) is 0. The molecule has 0 aromatic heterocycles. The molecule has 62 heavy (non-hydrogen) atoms. The lowest BCUT2D eigenvalue weighted by molar-refractivity contribution is -0.387. The van der Waals surface area contributed by atoms with Crippen LogP contribution in [0.15, 0.2) is 0 Å². The summed E-state index contributed by atoms with van der Waals surface area (Å²) in [6.45, 7) is 0.984. The minimum Gasteiger partial charge on any atom is -0.433 e. The van der Waals surface area contributed by atoms with E-state index < -0.39 is 149 Å². The molecule has 4 rings (SSSR count). The molecule has 0 saturated carbocycles. The van der Waals surface area contributed by atoms with E-state index in [1.807, 2.05) is 0 Å². The molecular weight excluding hydrogens is 832 g/mol. The highest BCUT2D eigenvalue weighted by Crippen LogP contribution is 2.35. The number of esters is 1. The number of hydrogen-bond donors (Lipinski definition) is 13. The van der Waals surface area contributed by atoms with E-state index in [0.29, 0.717) is 6.42 Å². The summed E-state index contributed by atoms with van der Waals surface area (Å²) < 4.78 is 44.6. The first-order valence-corrected chi connectivity index (χ1v) is 22.0. The van der Waals surface area contributed by atoms with Crippen LogP contribution in [0.5, 0.6) is 0 Å². The van der Waals surface area contributed by atoms with E-state index in [9.17, 15) is 71.2 Å². The minimum absolute atomic E-state index is 0.0207. The van der Waals surface area contributed by atoms with Gasteiger partial charge in [0.25, 0.3) is 0 Å². The van der Waals surface area contributed by atoms with Gasteiger partial charge in [-0.3, -0.25) is 4.79 Å². The molecule has 0 radical (unpaired) electrons. The fraction of sp³-hybridized carbons (Fsp3) is 0.975. The van der Waals surface area contributed by atoms with Crippen LogP contribution in [0.25, 0.3) is 0 Å². The van der Waals surface area contributed by atoms with Crippen molar-refractivity contribution in [2.45, 2.75) is 226 Å². The van der Waals surface area contributed by atoms with Crippen LogP contribution in [0.3, 0.4) is 0 Å². The summed E-state index contributed by atoms with van der Waals surface area (Å²) >= 11 is 0. The van der Waals surface area contributed by atoms with Gasteiger partial charge >= 0.3 is 5.97 Å². The third-order valence-electron chi connectivity index (χ3n) is 12.0. The number of hydrogen-bond acceptors (Lipinski definition) is 22. The van der Waals surface area contributed by atoms with Crippen molar-refractivity contribution in [3.8, 4) is 0 Å². The fourth-order valence-electron chi connectivity index (χ4n) is 8.05. The van der Waals surface area contributed by atoms with E-state index in [1.165, 1.54) is 6.92 Å². The van der Waals surface area contributed by atoms with Gasteiger partial charge in [-0.25, -0.2) is 0 Å². The molecule has 0 bridgehead atoms. The van der Waals surface area contributed by atoms with Gasteiger partial charge in [-0.2, -0.15) is 0 Å². The third kappa shape index (κ3) is 14.1. The molecule has 22 nitrogen and oxygen atoms in total. The fourth-order valence-corrected chi connectivity index (χ4v) is 8.05. The van der Waals surface area contributed by atoms with Gasteiger partial charge in [0, 0.05) is 6.42 Å². The van der Waals surface area contributed by atoms with Gasteiger partial charge in [-0.05, 0) is 26.2 Å². The Hall–Kier alpha value is -1.33. The molecule has 4 heterocycles. The monoisotopic (exact) mass is 904 g/mol. The highest BCUT2D eigenvalue weighted by molar-refractivity contribution is 5.69. The van der Waals surface area contributed by atoms with Crippen LogP contribution >= 0.6 is 0 Å². The maximum Gasteiger partial charge on any atom is 0.308 e. The Labute approximate surface area is 360 Å². The Balaban J connectivity index is 1.32. The van der Waals surface area contributed by atoms with Crippen molar-refractivity contribution in [3.63, 3.8) is 0 Å². The summed E-state index contributed by atoms with van der Waals surface area (Å²) in [4.78, 5) is 12.8. The first-order valence-electron chi connectivity index (χ1n) is 22.0. The largest absolute Gasteiger partial charge is 0.433 e. The molecule has 0 aromatic rings. The highest BCUT2D eigenvalue weighted by Gasteiger charge is 2.55. The van der Waals surface area contributed by atoms with Crippen molar-refractivity contribution in [2.75, 3.05) is 19.8 Å². The van der Waals surface area contributed by atoms with Crippen molar-refractivity contribution < 1.29 is 109 Å². The summed E-state index contributed by atoms with van der Waals surface area (Å²) in [7, 11) is 0. The summed E-state index contributed by atoms with van der Waals surface area (Å²) in [6, 6.07) is 0. The number of aliphatic hydroxyl groups excluding tert-OH is 13. The molecule has 0 aliphatic carbocycles. The predicted molar refractivity (Wildman–Crippen MR) is 208 cm³/mol. The molecule has 13 N–H and O–H groups in total. The second kappa shape index (κ2) is 26.1. The van der Waals surface area contributed by atoms with Gasteiger partial charge in [0.1, 0.15) is 91.6 Å². The molecule has 4 fully saturated rings. The average Bonchev–Trinajstić information content (AvgIpc) is 3.25. The molecule has 4 aliphatic rings. The van der Waals surface area contributed by atoms with E-state index in [4.69, 9.17) is 37.9 Å². The molecule has 4 saturated heterocycles. The Morgan fingerprint density at radius 3 is 1.40 bits per heavy atom. The maximum atomic E-state index is 12.8. The van der Waals surface area contributed by atoms with Crippen molar-refractivity contribution in [1.82, 2.24) is 0 Å². The Bertz CT molecular complexity index is 1270. The van der Waals surface area contributed by atoms with E-state index in [2.05, 4.69) is 6.92 Å². The smallest absolute Gasteiger partial charge is 0.308 e. The highest BCUT2D eigenvalue weighted by atomic mass is 16.8. The molecule has 4 aliphatic heterocycles. The van der Waals surface area contributed by atoms with Gasteiger partial charge in [0.15, 0.2) is 18.9 Å². The number of aliphatic hydroxyl groups is 13. The zero-order valence-corrected chi connectivity index (χ0v) is 35.4. The van der Waals surface area contributed by atoms with Crippen molar-refractivity contribution in [2.24, 2.45) is 0 Å². The van der Waals surface area contributed by atoms with E-state index >= 15 is 0 Å². The minimum atomic E-state index is -2.03. The Morgan fingerprint density at radius 2 is 0.887 bits per heavy atom. The second-order valence-corrected chi connectivity index (χ2v) is 16.8. The molecule has 22 heteroatoms. The summed E-state index contributed by atoms with van der Waals surface area (Å²) in [5, 5.41) is 137. The lowest BCUT2D eigenvalue weighted by Crippen LogP contribution is -2.67. The summed E-state index contributed by atoms with van der Waals surface area (Å²) in [5.74, 6) is -0.733. The topological polar surface area (TPSA) is 354 Å². The Morgan fingerprint density at radius 1 is 0.484 bits per heavy atom. The first-order chi connectivity index (χ1) is 29.6. The number of ether oxygens (including phenoxy) is 8. The van der Waals surface area contributed by atoms with Crippen molar-refractivity contribution in [1.29, 1.82) is 0 Å². The van der Waals surface area contributed by atoms with Gasteiger partial charge in [0.2, 0.25) is 6.29 Å². The van der Waals surface area contributed by atoms with Gasteiger partial charge in [0.05, 0.1) is 32.0 Å². The van der Waals surface area contributed by atoms with E-state index in [0.717, 1.165) is 70.6 Å². The number of rotatable bonds is 24. The first kappa shape index (κ1) is 53.3. The standard InChI is InChI=1S/C40H72O22/c1-3-4-10-13-20(44)14-11-8-6-5-7-9-12-15-24(45)59-39-32(53)35(27(48)22(17-42)57-39)62-40-33(54)36(28(49)23(18-43)58-40)61-38-31(52)34(25(46)19(2)55-38)60-37-30(51)29(50)26(47)21(16-41)56-37/h19-23,25-44,46-54H,3-18H2,1-2H3. The normalized spacial score (nSPS) is 42.1. The number of carbonyl (C=O) groups is 1. The van der Waals surface area contributed by atoms with Gasteiger partial charge in [-0.1, -0.05) is 64.7 Å². The van der Waals surface area contributed by atoms with E-state index in [1.54, 1.807) is 0 Å². The zero-order valence-electron chi connectivity index (χ0n) is 35.4. The number of carbonyl (C=O) groups excluding carboxylic acids is 1. The molecule has 0 amide bonds. The lowest BCUT2D eigenvalue weighted by atomic mass is 9.95. The van der Waals surface area contributed by atoms with Crippen LogP contribution in [0.1, 0.15) is 97.3 Å². The molecule has 364 valence electrons. The molecule has 21 atom stereocenters. The molecule has 21 unspecified atom stereocenters. The maximum absolute atomic E-state index is 12.8. The quantitative estimate of drug-likeness (QED) is 0.0327. The van der Waals surface area contributed by atoms with Crippen LogP contribution in [-0.4, -0.2) is 221 Å². The molecule has 0 spiro atoms. The van der Waals surface area contributed by atoms with Gasteiger partial charge in [-0.15, -0.1) is 0 Å². The third-order valence-corrected chi connectivity index (χ3v) is 12.0. The van der Waals surface area contributed by atoms with E-state index in [-0.39, 0.29) is 12.5 Å². The molecular formula is C40H72O22. The molecule has 0 aromatic carbocycles.